The predicted octanol–water partition coefficient (Wildman–Crippen LogP) is 3.95. The van der Waals surface area contributed by atoms with Gasteiger partial charge in [0.05, 0.1) is 12.2 Å². The molecule has 88 valence electrons. The summed E-state index contributed by atoms with van der Waals surface area (Å²) in [6.07, 6.45) is 1.88. The quantitative estimate of drug-likeness (QED) is 0.594. The van der Waals surface area contributed by atoms with E-state index in [9.17, 15) is 4.79 Å². The van der Waals surface area contributed by atoms with Crippen molar-refractivity contribution in [2.24, 2.45) is 0 Å². The molecule has 0 fully saturated rings. The lowest BCUT2D eigenvalue weighted by Gasteiger charge is -2.08. The Balaban J connectivity index is 2.92. The number of ether oxygens (including phenoxy) is 1. The van der Waals surface area contributed by atoms with Crippen molar-refractivity contribution in [3.05, 3.63) is 33.8 Å². The number of rotatable bonds is 5. The topological polar surface area (TPSA) is 26.3 Å². The summed E-state index contributed by atoms with van der Waals surface area (Å²) in [5.41, 5.74) is 1.71. The number of hydrogen-bond donors (Lipinski definition) is 0. The maximum Gasteiger partial charge on any atom is 0.338 e. The Kier molecular flexibility index (Phi) is 6.06. The summed E-state index contributed by atoms with van der Waals surface area (Å²) in [5.74, 6) is -0.237. The third-order valence-electron chi connectivity index (χ3n) is 2.14. The molecule has 16 heavy (non-hydrogen) atoms. The number of esters is 1. The Bertz CT molecular complexity index is 364. The van der Waals surface area contributed by atoms with E-state index in [1.807, 2.05) is 25.1 Å². The van der Waals surface area contributed by atoms with Gasteiger partial charge < -0.3 is 4.74 Å². The van der Waals surface area contributed by atoms with Crippen molar-refractivity contribution < 1.29 is 9.53 Å². The maximum absolute atomic E-state index is 11.7. The highest BCUT2D eigenvalue weighted by Gasteiger charge is 2.12. The summed E-state index contributed by atoms with van der Waals surface area (Å²) >= 11 is 6.80. The molecule has 0 saturated heterocycles. The summed E-state index contributed by atoms with van der Waals surface area (Å²) in [5, 5.41) is 0.932. The van der Waals surface area contributed by atoms with Crippen LogP contribution in [-0.4, -0.2) is 17.9 Å². The molecule has 1 rings (SSSR count). The molecule has 0 spiro atoms. The van der Waals surface area contributed by atoms with Gasteiger partial charge >= 0.3 is 5.97 Å². The fourth-order valence-electron chi connectivity index (χ4n) is 1.43. The highest BCUT2D eigenvalue weighted by atomic mass is 79.9. The van der Waals surface area contributed by atoms with Gasteiger partial charge in [-0.2, -0.15) is 0 Å². The Morgan fingerprint density at radius 1 is 1.44 bits per heavy atom. The SMILES string of the molecule is CCOC(=O)c1ccc(Br)cc1CCCBr. The van der Waals surface area contributed by atoms with Crippen LogP contribution in [0.3, 0.4) is 0 Å². The summed E-state index contributed by atoms with van der Waals surface area (Å²) in [6.45, 7) is 2.22. The van der Waals surface area contributed by atoms with Crippen LogP contribution in [0.2, 0.25) is 0 Å². The highest BCUT2D eigenvalue weighted by Crippen LogP contribution is 2.19. The number of carbonyl (C=O) groups excluding carboxylic acids is 1. The molecule has 0 N–H and O–H groups in total. The van der Waals surface area contributed by atoms with Crippen molar-refractivity contribution in [3.63, 3.8) is 0 Å². The Labute approximate surface area is 113 Å². The van der Waals surface area contributed by atoms with E-state index in [2.05, 4.69) is 31.9 Å². The lowest BCUT2D eigenvalue weighted by atomic mass is 10.0. The van der Waals surface area contributed by atoms with Gasteiger partial charge in [-0.1, -0.05) is 31.9 Å². The van der Waals surface area contributed by atoms with Gasteiger partial charge in [-0.15, -0.1) is 0 Å². The minimum Gasteiger partial charge on any atom is -0.462 e. The summed E-state index contributed by atoms with van der Waals surface area (Å²) in [7, 11) is 0. The predicted molar refractivity (Wildman–Crippen MR) is 72.2 cm³/mol. The monoisotopic (exact) mass is 348 g/mol. The van der Waals surface area contributed by atoms with Gasteiger partial charge in [-0.3, -0.25) is 0 Å². The van der Waals surface area contributed by atoms with Gasteiger partial charge in [0.2, 0.25) is 0 Å². The zero-order valence-corrected chi connectivity index (χ0v) is 12.3. The molecule has 0 aromatic heterocycles. The molecule has 0 heterocycles. The summed E-state index contributed by atoms with van der Waals surface area (Å²) in [6, 6.07) is 5.66. The smallest absolute Gasteiger partial charge is 0.338 e. The molecule has 0 aliphatic heterocycles. The second-order valence-corrected chi connectivity index (χ2v) is 5.02. The molecule has 0 radical (unpaired) electrons. The molecule has 0 bridgehead atoms. The van der Waals surface area contributed by atoms with Crippen LogP contribution in [0.25, 0.3) is 0 Å². The van der Waals surface area contributed by atoms with Gasteiger partial charge in [0, 0.05) is 9.80 Å². The van der Waals surface area contributed by atoms with Crippen molar-refractivity contribution in [3.8, 4) is 0 Å². The van der Waals surface area contributed by atoms with Crippen LogP contribution < -0.4 is 0 Å². The molecule has 0 unspecified atom stereocenters. The Morgan fingerprint density at radius 2 is 2.19 bits per heavy atom. The van der Waals surface area contributed by atoms with Crippen molar-refractivity contribution >= 4 is 37.8 Å². The molecular weight excluding hydrogens is 336 g/mol. The zero-order chi connectivity index (χ0) is 12.0. The zero-order valence-electron chi connectivity index (χ0n) is 9.13. The number of aryl methyl sites for hydroxylation is 1. The third kappa shape index (κ3) is 3.91. The summed E-state index contributed by atoms with van der Waals surface area (Å²) in [4.78, 5) is 11.7. The molecule has 0 aliphatic carbocycles. The number of alkyl halides is 1. The lowest BCUT2D eigenvalue weighted by Crippen LogP contribution is -2.08. The third-order valence-corrected chi connectivity index (χ3v) is 3.20. The molecule has 0 saturated carbocycles. The van der Waals surface area contributed by atoms with Crippen molar-refractivity contribution in [1.29, 1.82) is 0 Å². The number of benzene rings is 1. The molecule has 4 heteroatoms. The number of carbonyl (C=O) groups is 1. The van der Waals surface area contributed by atoms with E-state index in [-0.39, 0.29) is 5.97 Å². The number of halogens is 2. The molecule has 0 aliphatic rings. The largest absolute Gasteiger partial charge is 0.462 e. The van der Waals surface area contributed by atoms with Crippen molar-refractivity contribution in [2.45, 2.75) is 19.8 Å². The van der Waals surface area contributed by atoms with Gasteiger partial charge in [0.25, 0.3) is 0 Å². The van der Waals surface area contributed by atoms with Gasteiger partial charge in [0.15, 0.2) is 0 Å². The van der Waals surface area contributed by atoms with Crippen LogP contribution in [-0.2, 0) is 11.2 Å². The molecule has 0 atom stereocenters. The normalized spacial score (nSPS) is 10.2. The average molecular weight is 350 g/mol. The maximum atomic E-state index is 11.7. The average Bonchev–Trinajstić information content (AvgIpc) is 2.26. The summed E-state index contributed by atoms with van der Waals surface area (Å²) < 4.78 is 6.01. The fraction of sp³-hybridized carbons (Fsp3) is 0.417. The van der Waals surface area contributed by atoms with E-state index >= 15 is 0 Å². The van der Waals surface area contributed by atoms with E-state index in [0.717, 1.165) is 28.2 Å². The molecule has 2 nitrogen and oxygen atoms in total. The van der Waals surface area contributed by atoms with Crippen LogP contribution in [0.15, 0.2) is 22.7 Å². The second-order valence-electron chi connectivity index (χ2n) is 3.31. The van der Waals surface area contributed by atoms with Gasteiger partial charge in [-0.05, 0) is 43.5 Å². The lowest BCUT2D eigenvalue weighted by molar-refractivity contribution is 0.0525. The van der Waals surface area contributed by atoms with Crippen LogP contribution in [0, 0.1) is 0 Å². The van der Waals surface area contributed by atoms with Crippen molar-refractivity contribution in [2.75, 3.05) is 11.9 Å². The second kappa shape index (κ2) is 7.07. The molecule has 1 aromatic carbocycles. The fourth-order valence-corrected chi connectivity index (χ4v) is 2.12. The van der Waals surface area contributed by atoms with E-state index in [1.165, 1.54) is 0 Å². The molecule has 1 aromatic rings. The van der Waals surface area contributed by atoms with Crippen LogP contribution >= 0.6 is 31.9 Å². The first-order chi connectivity index (χ1) is 7.69. The standard InChI is InChI=1S/C12H14Br2O2/c1-2-16-12(15)11-6-5-10(14)8-9(11)4-3-7-13/h5-6,8H,2-4,7H2,1H3. The first kappa shape index (κ1) is 13.7. The first-order valence-electron chi connectivity index (χ1n) is 5.20. The van der Waals surface area contributed by atoms with E-state index < -0.39 is 0 Å². The molecular formula is C12H14Br2O2. The van der Waals surface area contributed by atoms with E-state index in [4.69, 9.17) is 4.74 Å². The minimum atomic E-state index is -0.237. The first-order valence-corrected chi connectivity index (χ1v) is 7.12. The molecule has 0 amide bonds. The van der Waals surface area contributed by atoms with Gasteiger partial charge in [-0.25, -0.2) is 4.79 Å². The van der Waals surface area contributed by atoms with Crippen LogP contribution in [0.4, 0.5) is 0 Å². The van der Waals surface area contributed by atoms with E-state index in [1.54, 1.807) is 0 Å². The van der Waals surface area contributed by atoms with Crippen LogP contribution in [0.1, 0.15) is 29.3 Å². The van der Waals surface area contributed by atoms with E-state index in [0.29, 0.717) is 12.2 Å². The van der Waals surface area contributed by atoms with Gasteiger partial charge in [0.1, 0.15) is 0 Å². The van der Waals surface area contributed by atoms with Crippen LogP contribution in [0.5, 0.6) is 0 Å². The van der Waals surface area contributed by atoms with Crippen molar-refractivity contribution in [1.82, 2.24) is 0 Å². The highest BCUT2D eigenvalue weighted by molar-refractivity contribution is 9.10. The Hall–Kier alpha value is -0.350. The minimum absolute atomic E-state index is 0.237. The number of hydrogen-bond acceptors (Lipinski definition) is 2. The Morgan fingerprint density at radius 3 is 2.81 bits per heavy atom.